The molecule has 0 aromatic carbocycles. The Hall–Kier alpha value is -0.570. The summed E-state index contributed by atoms with van der Waals surface area (Å²) in [5.41, 5.74) is 5.27. The topological polar surface area (TPSA) is 52.3 Å². The van der Waals surface area contributed by atoms with E-state index in [-0.39, 0.29) is 11.5 Å². The highest BCUT2D eigenvalue weighted by Crippen LogP contribution is 2.15. The van der Waals surface area contributed by atoms with E-state index in [1.165, 1.54) is 0 Å². The molecule has 0 aliphatic heterocycles. The highest BCUT2D eigenvalue weighted by Gasteiger charge is 2.20. The van der Waals surface area contributed by atoms with Crippen LogP contribution in [0.25, 0.3) is 0 Å². The van der Waals surface area contributed by atoms with E-state index in [1.807, 2.05) is 34.6 Å². The SMILES string of the molecule is CCC(C)(N)CCC(=O)OC(C)(C)C. The Balaban J connectivity index is 3.87. The maximum atomic E-state index is 11.3. The van der Waals surface area contributed by atoms with Crippen LogP contribution >= 0.6 is 0 Å². The molecule has 0 spiro atoms. The second kappa shape index (κ2) is 4.78. The summed E-state index contributed by atoms with van der Waals surface area (Å²) in [6, 6.07) is 0. The molecule has 0 amide bonds. The van der Waals surface area contributed by atoms with Gasteiger partial charge in [0.2, 0.25) is 0 Å². The molecule has 2 N–H and O–H groups in total. The molecule has 0 aromatic heterocycles. The van der Waals surface area contributed by atoms with Gasteiger partial charge >= 0.3 is 5.97 Å². The molecular formula is C11H23NO2. The summed E-state index contributed by atoms with van der Waals surface area (Å²) < 4.78 is 5.18. The molecule has 3 heteroatoms. The number of carbonyl (C=O) groups excluding carboxylic acids is 1. The van der Waals surface area contributed by atoms with Crippen molar-refractivity contribution in [2.75, 3.05) is 0 Å². The fraction of sp³-hybridized carbons (Fsp3) is 0.909. The number of rotatable bonds is 4. The van der Waals surface area contributed by atoms with Crippen LogP contribution in [0.2, 0.25) is 0 Å². The van der Waals surface area contributed by atoms with Crippen molar-refractivity contribution in [2.45, 2.75) is 65.0 Å². The first kappa shape index (κ1) is 13.4. The fourth-order valence-electron chi connectivity index (χ4n) is 0.957. The molecule has 0 rings (SSSR count). The van der Waals surface area contributed by atoms with Crippen LogP contribution in [0.5, 0.6) is 0 Å². The molecule has 14 heavy (non-hydrogen) atoms. The summed E-state index contributed by atoms with van der Waals surface area (Å²) in [6.45, 7) is 9.58. The smallest absolute Gasteiger partial charge is 0.306 e. The van der Waals surface area contributed by atoms with Crippen molar-refractivity contribution in [2.24, 2.45) is 5.73 Å². The quantitative estimate of drug-likeness (QED) is 0.710. The minimum Gasteiger partial charge on any atom is -0.460 e. The number of esters is 1. The average Bonchev–Trinajstić information content (AvgIpc) is 1.98. The number of hydrogen-bond acceptors (Lipinski definition) is 3. The van der Waals surface area contributed by atoms with E-state index in [1.54, 1.807) is 0 Å². The van der Waals surface area contributed by atoms with E-state index in [0.717, 1.165) is 6.42 Å². The first-order chi connectivity index (χ1) is 6.16. The van der Waals surface area contributed by atoms with Crippen LogP contribution < -0.4 is 5.73 Å². The van der Waals surface area contributed by atoms with Gasteiger partial charge in [-0.05, 0) is 40.5 Å². The highest BCUT2D eigenvalue weighted by atomic mass is 16.6. The summed E-state index contributed by atoms with van der Waals surface area (Å²) in [5, 5.41) is 0. The van der Waals surface area contributed by atoms with Crippen LogP contribution in [0.4, 0.5) is 0 Å². The van der Waals surface area contributed by atoms with E-state index in [2.05, 4.69) is 0 Å². The lowest BCUT2D eigenvalue weighted by Crippen LogP contribution is -2.36. The van der Waals surface area contributed by atoms with Crippen molar-refractivity contribution >= 4 is 5.97 Å². The third-order valence-corrected chi connectivity index (χ3v) is 2.13. The minimum absolute atomic E-state index is 0.164. The summed E-state index contributed by atoms with van der Waals surface area (Å²) in [6.07, 6.45) is 1.95. The third kappa shape index (κ3) is 6.89. The summed E-state index contributed by atoms with van der Waals surface area (Å²) in [5.74, 6) is -0.164. The van der Waals surface area contributed by atoms with Gasteiger partial charge < -0.3 is 10.5 Å². The minimum atomic E-state index is -0.395. The van der Waals surface area contributed by atoms with Gasteiger partial charge in [-0.3, -0.25) is 4.79 Å². The molecule has 0 bridgehead atoms. The van der Waals surface area contributed by atoms with Crippen LogP contribution in [0.15, 0.2) is 0 Å². The summed E-state index contributed by atoms with van der Waals surface area (Å²) in [4.78, 5) is 11.3. The molecule has 0 radical (unpaired) electrons. The largest absolute Gasteiger partial charge is 0.460 e. The Morgan fingerprint density at radius 3 is 2.14 bits per heavy atom. The molecule has 0 fully saturated rings. The molecule has 0 aromatic rings. The Morgan fingerprint density at radius 1 is 1.29 bits per heavy atom. The number of hydrogen-bond donors (Lipinski definition) is 1. The lowest BCUT2D eigenvalue weighted by Gasteiger charge is -2.24. The first-order valence-electron chi connectivity index (χ1n) is 5.17. The zero-order valence-electron chi connectivity index (χ0n) is 10.0. The van der Waals surface area contributed by atoms with E-state index in [9.17, 15) is 4.79 Å². The second-order valence-electron chi connectivity index (χ2n) is 5.09. The van der Waals surface area contributed by atoms with Gasteiger partial charge in [-0.1, -0.05) is 6.92 Å². The molecule has 84 valence electrons. The Morgan fingerprint density at radius 2 is 1.79 bits per heavy atom. The van der Waals surface area contributed by atoms with Gasteiger partial charge in [-0.2, -0.15) is 0 Å². The van der Waals surface area contributed by atoms with E-state index < -0.39 is 5.60 Å². The van der Waals surface area contributed by atoms with Gasteiger partial charge in [0.25, 0.3) is 0 Å². The van der Waals surface area contributed by atoms with Crippen molar-refractivity contribution in [1.29, 1.82) is 0 Å². The van der Waals surface area contributed by atoms with Crippen molar-refractivity contribution in [3.8, 4) is 0 Å². The predicted octanol–water partition coefficient (Wildman–Crippen LogP) is 2.24. The zero-order valence-corrected chi connectivity index (χ0v) is 10.0. The van der Waals surface area contributed by atoms with Gasteiger partial charge in [0.15, 0.2) is 0 Å². The molecular weight excluding hydrogens is 178 g/mol. The van der Waals surface area contributed by atoms with Crippen molar-refractivity contribution in [3.05, 3.63) is 0 Å². The average molecular weight is 201 g/mol. The lowest BCUT2D eigenvalue weighted by atomic mass is 9.94. The van der Waals surface area contributed by atoms with Crippen molar-refractivity contribution < 1.29 is 9.53 Å². The van der Waals surface area contributed by atoms with Gasteiger partial charge in [-0.15, -0.1) is 0 Å². The van der Waals surface area contributed by atoms with Crippen LogP contribution in [0.1, 0.15) is 53.9 Å². The van der Waals surface area contributed by atoms with Crippen LogP contribution in [-0.2, 0) is 9.53 Å². The van der Waals surface area contributed by atoms with Crippen molar-refractivity contribution in [3.63, 3.8) is 0 Å². The standard InChI is InChI=1S/C11H23NO2/c1-6-11(5,12)8-7-9(13)14-10(2,3)4/h6-8,12H2,1-5H3. The Bertz CT molecular complexity index is 192. The summed E-state index contributed by atoms with van der Waals surface area (Å²) in [7, 11) is 0. The number of nitrogens with two attached hydrogens (primary N) is 1. The molecule has 1 atom stereocenters. The molecule has 0 saturated heterocycles. The predicted molar refractivity (Wildman–Crippen MR) is 58.0 cm³/mol. The van der Waals surface area contributed by atoms with E-state index in [4.69, 9.17) is 10.5 Å². The van der Waals surface area contributed by atoms with Crippen LogP contribution in [0.3, 0.4) is 0 Å². The first-order valence-corrected chi connectivity index (χ1v) is 5.17. The fourth-order valence-corrected chi connectivity index (χ4v) is 0.957. The van der Waals surface area contributed by atoms with E-state index >= 15 is 0 Å². The Kier molecular flexibility index (Phi) is 4.59. The molecule has 3 nitrogen and oxygen atoms in total. The molecule has 0 heterocycles. The molecule has 0 saturated carbocycles. The maximum absolute atomic E-state index is 11.3. The second-order valence-corrected chi connectivity index (χ2v) is 5.09. The zero-order chi connectivity index (χ0) is 11.4. The van der Waals surface area contributed by atoms with Crippen LogP contribution in [-0.4, -0.2) is 17.1 Å². The third-order valence-electron chi connectivity index (χ3n) is 2.13. The highest BCUT2D eigenvalue weighted by molar-refractivity contribution is 5.69. The van der Waals surface area contributed by atoms with Gasteiger partial charge in [0.05, 0.1) is 0 Å². The van der Waals surface area contributed by atoms with Gasteiger partial charge in [0.1, 0.15) is 5.60 Å². The van der Waals surface area contributed by atoms with E-state index in [0.29, 0.717) is 12.8 Å². The van der Waals surface area contributed by atoms with Crippen molar-refractivity contribution in [1.82, 2.24) is 0 Å². The molecule has 0 aliphatic carbocycles. The number of carbonyl (C=O) groups is 1. The van der Waals surface area contributed by atoms with Crippen LogP contribution in [0, 0.1) is 0 Å². The van der Waals surface area contributed by atoms with Gasteiger partial charge in [0, 0.05) is 12.0 Å². The van der Waals surface area contributed by atoms with Gasteiger partial charge in [-0.25, -0.2) is 0 Å². The lowest BCUT2D eigenvalue weighted by molar-refractivity contribution is -0.155. The number of ether oxygens (including phenoxy) is 1. The molecule has 1 unspecified atom stereocenters. The monoisotopic (exact) mass is 201 g/mol. The maximum Gasteiger partial charge on any atom is 0.306 e. The Labute approximate surface area is 87.0 Å². The summed E-state index contributed by atoms with van der Waals surface area (Å²) >= 11 is 0. The molecule has 0 aliphatic rings. The normalized spacial score (nSPS) is 16.1.